The molecular formula is C16H17F3N4O. The Morgan fingerprint density at radius 3 is 2.25 bits per heavy atom. The lowest BCUT2D eigenvalue weighted by Crippen LogP contribution is -2.40. The predicted molar refractivity (Wildman–Crippen MR) is 84.0 cm³/mol. The highest BCUT2D eigenvalue weighted by Gasteiger charge is 2.33. The molecule has 0 saturated carbocycles. The first-order valence-electron chi connectivity index (χ1n) is 7.14. The maximum Gasteiger partial charge on any atom is 0.418 e. The largest absolute Gasteiger partial charge is 0.418 e. The summed E-state index contributed by atoms with van der Waals surface area (Å²) in [7, 11) is 0. The lowest BCUT2D eigenvalue weighted by molar-refractivity contribution is -0.136. The maximum absolute atomic E-state index is 12.9. The first-order chi connectivity index (χ1) is 11.1. The van der Waals surface area contributed by atoms with Crippen molar-refractivity contribution in [2.75, 3.05) is 5.32 Å². The molecule has 0 bridgehead atoms. The summed E-state index contributed by atoms with van der Waals surface area (Å²) in [4.78, 5) is 19.8. The number of halogens is 3. The van der Waals surface area contributed by atoms with E-state index in [9.17, 15) is 18.0 Å². The molecule has 0 spiro atoms. The number of nitrogens with one attached hydrogen (secondary N) is 2. The molecule has 2 rings (SSSR count). The summed E-state index contributed by atoms with van der Waals surface area (Å²) in [6, 6.07) is 5.06. The summed E-state index contributed by atoms with van der Waals surface area (Å²) in [6.07, 6.45) is -2.06. The van der Waals surface area contributed by atoms with Crippen LogP contribution < -0.4 is 10.6 Å². The zero-order chi connectivity index (χ0) is 18.0. The Hall–Kier alpha value is -2.64. The molecule has 1 aromatic carbocycles. The molecular weight excluding hydrogens is 321 g/mol. The van der Waals surface area contributed by atoms with Crippen LogP contribution in [0.15, 0.2) is 36.7 Å². The first kappa shape index (κ1) is 17.7. The van der Waals surface area contributed by atoms with Gasteiger partial charge in [0.1, 0.15) is 11.5 Å². The monoisotopic (exact) mass is 338 g/mol. The lowest BCUT2D eigenvalue weighted by atomic mass is 10.1. The van der Waals surface area contributed by atoms with Gasteiger partial charge < -0.3 is 10.6 Å². The van der Waals surface area contributed by atoms with E-state index in [0.717, 1.165) is 6.07 Å². The Kier molecular flexibility index (Phi) is 4.77. The van der Waals surface area contributed by atoms with Gasteiger partial charge in [0.2, 0.25) is 0 Å². The highest BCUT2D eigenvalue weighted by Crippen LogP contribution is 2.35. The van der Waals surface area contributed by atoms with E-state index in [4.69, 9.17) is 0 Å². The third-order valence-corrected chi connectivity index (χ3v) is 2.87. The summed E-state index contributed by atoms with van der Waals surface area (Å²) < 4.78 is 38.8. The molecule has 0 saturated heterocycles. The van der Waals surface area contributed by atoms with Crippen LogP contribution in [-0.2, 0) is 6.18 Å². The van der Waals surface area contributed by atoms with Gasteiger partial charge in [-0.1, -0.05) is 12.1 Å². The van der Waals surface area contributed by atoms with Crippen molar-refractivity contribution < 1.29 is 18.0 Å². The van der Waals surface area contributed by atoms with Crippen molar-refractivity contribution >= 4 is 17.4 Å². The number of rotatable bonds is 3. The van der Waals surface area contributed by atoms with Crippen LogP contribution in [0.1, 0.15) is 36.8 Å². The molecule has 1 aromatic heterocycles. The standard InChI is InChI=1S/C16H17F3N4O/c1-15(2,3)23-14(24)12-8-21-13(9-20-12)22-11-7-5-4-6-10(11)16(17,18)19/h4-9H,1-3H3,(H,21,22)(H,23,24). The Morgan fingerprint density at radius 1 is 1.04 bits per heavy atom. The van der Waals surface area contributed by atoms with Crippen LogP contribution in [0.5, 0.6) is 0 Å². The van der Waals surface area contributed by atoms with E-state index in [2.05, 4.69) is 20.6 Å². The number of alkyl halides is 3. The quantitative estimate of drug-likeness (QED) is 0.894. The van der Waals surface area contributed by atoms with Gasteiger partial charge in [0.05, 0.1) is 23.6 Å². The number of aromatic nitrogens is 2. The number of nitrogens with zero attached hydrogens (tertiary/aromatic N) is 2. The minimum Gasteiger partial charge on any atom is -0.346 e. The second kappa shape index (κ2) is 6.46. The number of amides is 1. The number of para-hydroxylation sites is 1. The van der Waals surface area contributed by atoms with Gasteiger partial charge in [0.15, 0.2) is 0 Å². The van der Waals surface area contributed by atoms with Crippen LogP contribution in [-0.4, -0.2) is 21.4 Å². The summed E-state index contributed by atoms with van der Waals surface area (Å²) in [5.74, 6) is -0.295. The van der Waals surface area contributed by atoms with Crippen LogP contribution in [0.2, 0.25) is 0 Å². The molecule has 24 heavy (non-hydrogen) atoms. The molecule has 0 aliphatic carbocycles. The van der Waals surface area contributed by atoms with E-state index >= 15 is 0 Å². The van der Waals surface area contributed by atoms with Gasteiger partial charge in [0, 0.05) is 5.54 Å². The fourth-order valence-electron chi connectivity index (χ4n) is 1.89. The minimum absolute atomic E-state index is 0.0829. The average molecular weight is 338 g/mol. The number of benzene rings is 1. The van der Waals surface area contributed by atoms with Crippen molar-refractivity contribution in [2.45, 2.75) is 32.5 Å². The van der Waals surface area contributed by atoms with Crippen LogP contribution in [0.4, 0.5) is 24.7 Å². The highest BCUT2D eigenvalue weighted by molar-refractivity contribution is 5.92. The smallest absolute Gasteiger partial charge is 0.346 e. The Morgan fingerprint density at radius 2 is 1.71 bits per heavy atom. The second-order valence-electron chi connectivity index (χ2n) is 6.16. The molecule has 0 fully saturated rings. The fraction of sp³-hybridized carbons (Fsp3) is 0.312. The molecule has 2 N–H and O–H groups in total. The molecule has 0 unspecified atom stereocenters. The first-order valence-corrected chi connectivity index (χ1v) is 7.14. The third-order valence-electron chi connectivity index (χ3n) is 2.87. The van der Waals surface area contributed by atoms with Crippen molar-refractivity contribution in [2.24, 2.45) is 0 Å². The van der Waals surface area contributed by atoms with Crippen LogP contribution in [0, 0.1) is 0 Å². The summed E-state index contributed by atoms with van der Waals surface area (Å²) in [6.45, 7) is 5.47. The second-order valence-corrected chi connectivity index (χ2v) is 6.16. The number of anilines is 2. The molecule has 0 aliphatic heterocycles. The van der Waals surface area contributed by atoms with Gasteiger partial charge in [-0.05, 0) is 32.9 Å². The molecule has 0 radical (unpaired) electrons. The van der Waals surface area contributed by atoms with Crippen molar-refractivity contribution in [3.8, 4) is 0 Å². The molecule has 0 atom stereocenters. The number of hydrogen-bond donors (Lipinski definition) is 2. The van der Waals surface area contributed by atoms with E-state index in [-0.39, 0.29) is 17.2 Å². The molecule has 0 aliphatic rings. The van der Waals surface area contributed by atoms with E-state index < -0.39 is 23.2 Å². The summed E-state index contributed by atoms with van der Waals surface area (Å²) in [5.41, 5.74) is -1.28. The van der Waals surface area contributed by atoms with Crippen LogP contribution in [0.25, 0.3) is 0 Å². The molecule has 2 aromatic rings. The van der Waals surface area contributed by atoms with Crippen molar-refractivity contribution in [1.82, 2.24) is 15.3 Å². The van der Waals surface area contributed by atoms with E-state index in [1.165, 1.54) is 30.6 Å². The molecule has 5 nitrogen and oxygen atoms in total. The zero-order valence-corrected chi connectivity index (χ0v) is 13.4. The Bertz CT molecular complexity index is 721. The van der Waals surface area contributed by atoms with E-state index in [1.807, 2.05) is 20.8 Å². The maximum atomic E-state index is 12.9. The Labute approximate surface area is 137 Å². The van der Waals surface area contributed by atoms with Gasteiger partial charge in [-0.2, -0.15) is 13.2 Å². The predicted octanol–water partition coefficient (Wildman–Crippen LogP) is 3.77. The van der Waals surface area contributed by atoms with Crippen molar-refractivity contribution in [3.05, 3.63) is 47.9 Å². The topological polar surface area (TPSA) is 66.9 Å². The Balaban J connectivity index is 2.17. The van der Waals surface area contributed by atoms with E-state index in [1.54, 1.807) is 0 Å². The number of carbonyl (C=O) groups excluding carboxylic acids is 1. The van der Waals surface area contributed by atoms with Crippen LogP contribution >= 0.6 is 0 Å². The van der Waals surface area contributed by atoms with Crippen molar-refractivity contribution in [3.63, 3.8) is 0 Å². The number of carbonyl (C=O) groups is 1. The zero-order valence-electron chi connectivity index (χ0n) is 13.4. The summed E-state index contributed by atoms with van der Waals surface area (Å²) in [5, 5.41) is 5.29. The van der Waals surface area contributed by atoms with Gasteiger partial charge >= 0.3 is 6.18 Å². The van der Waals surface area contributed by atoms with Gasteiger partial charge in [0.25, 0.3) is 5.91 Å². The molecule has 1 amide bonds. The molecule has 128 valence electrons. The lowest BCUT2D eigenvalue weighted by Gasteiger charge is -2.20. The highest BCUT2D eigenvalue weighted by atomic mass is 19.4. The molecule has 1 heterocycles. The van der Waals surface area contributed by atoms with Gasteiger partial charge in [-0.3, -0.25) is 4.79 Å². The average Bonchev–Trinajstić information content (AvgIpc) is 2.45. The number of hydrogen-bond acceptors (Lipinski definition) is 4. The SMILES string of the molecule is CC(C)(C)NC(=O)c1cnc(Nc2ccccc2C(F)(F)F)cn1. The minimum atomic E-state index is -4.48. The van der Waals surface area contributed by atoms with Crippen LogP contribution in [0.3, 0.4) is 0 Å². The third kappa shape index (κ3) is 4.68. The van der Waals surface area contributed by atoms with Gasteiger partial charge in [-0.15, -0.1) is 0 Å². The van der Waals surface area contributed by atoms with E-state index in [0.29, 0.717) is 0 Å². The fourth-order valence-corrected chi connectivity index (χ4v) is 1.89. The van der Waals surface area contributed by atoms with Gasteiger partial charge in [-0.25, -0.2) is 9.97 Å². The van der Waals surface area contributed by atoms with Crippen molar-refractivity contribution in [1.29, 1.82) is 0 Å². The molecule has 8 heteroatoms. The normalized spacial score (nSPS) is 11.9. The summed E-state index contributed by atoms with van der Waals surface area (Å²) >= 11 is 0.